The highest BCUT2D eigenvalue weighted by molar-refractivity contribution is 14.1. The SMILES string of the molecule is Cc1cc([N+](=O)[O-])c(C)cc1Oc1nc[nH]c(=O)c1I. The first kappa shape index (κ1) is 14.4. The fraction of sp³-hybridized carbons (Fsp3) is 0.167. The van der Waals surface area contributed by atoms with E-state index in [-0.39, 0.29) is 17.1 Å². The molecule has 0 atom stereocenters. The summed E-state index contributed by atoms with van der Waals surface area (Å²) >= 11 is 1.83. The van der Waals surface area contributed by atoms with Crippen LogP contribution in [0.4, 0.5) is 5.69 Å². The van der Waals surface area contributed by atoms with Crippen molar-refractivity contribution in [3.63, 3.8) is 0 Å². The van der Waals surface area contributed by atoms with Crippen LogP contribution in [0.2, 0.25) is 0 Å². The highest BCUT2D eigenvalue weighted by atomic mass is 127. The number of halogens is 1. The molecule has 0 aliphatic heterocycles. The molecule has 1 aromatic heterocycles. The van der Waals surface area contributed by atoms with Crippen molar-refractivity contribution in [1.82, 2.24) is 9.97 Å². The minimum Gasteiger partial charge on any atom is -0.437 e. The lowest BCUT2D eigenvalue weighted by atomic mass is 10.1. The Labute approximate surface area is 127 Å². The van der Waals surface area contributed by atoms with Gasteiger partial charge in [-0.1, -0.05) is 0 Å². The van der Waals surface area contributed by atoms with E-state index >= 15 is 0 Å². The highest BCUT2D eigenvalue weighted by Crippen LogP contribution is 2.31. The lowest BCUT2D eigenvalue weighted by Crippen LogP contribution is -2.11. The van der Waals surface area contributed by atoms with Crippen molar-refractivity contribution in [3.8, 4) is 11.6 Å². The van der Waals surface area contributed by atoms with Gasteiger partial charge in [0.2, 0.25) is 5.88 Å². The number of nitrogens with zero attached hydrogens (tertiary/aromatic N) is 2. The molecule has 20 heavy (non-hydrogen) atoms. The van der Waals surface area contributed by atoms with Crippen LogP contribution in [0.3, 0.4) is 0 Å². The summed E-state index contributed by atoms with van der Waals surface area (Å²) in [5.74, 6) is 0.606. The number of benzene rings is 1. The van der Waals surface area contributed by atoms with Gasteiger partial charge in [0.05, 0.1) is 11.3 Å². The molecule has 0 unspecified atom stereocenters. The van der Waals surface area contributed by atoms with Crippen molar-refractivity contribution in [1.29, 1.82) is 0 Å². The lowest BCUT2D eigenvalue weighted by Gasteiger charge is -2.09. The molecule has 0 radical (unpaired) electrons. The molecule has 0 bridgehead atoms. The molecule has 2 aromatic rings. The molecule has 0 aliphatic carbocycles. The summed E-state index contributed by atoms with van der Waals surface area (Å²) in [6.07, 6.45) is 1.24. The van der Waals surface area contributed by atoms with Crippen LogP contribution in [-0.2, 0) is 0 Å². The van der Waals surface area contributed by atoms with Gasteiger partial charge in [-0.2, -0.15) is 0 Å². The van der Waals surface area contributed by atoms with Crippen molar-refractivity contribution < 1.29 is 9.66 Å². The number of aromatic amines is 1. The van der Waals surface area contributed by atoms with Crippen LogP contribution in [0, 0.1) is 27.5 Å². The van der Waals surface area contributed by atoms with Gasteiger partial charge >= 0.3 is 0 Å². The number of nitro benzene ring substituents is 1. The van der Waals surface area contributed by atoms with E-state index in [1.807, 2.05) is 22.6 Å². The minimum atomic E-state index is -0.443. The zero-order chi connectivity index (χ0) is 14.9. The summed E-state index contributed by atoms with van der Waals surface area (Å²) in [6.45, 7) is 3.32. The molecule has 0 saturated heterocycles. The van der Waals surface area contributed by atoms with Gasteiger partial charge in [-0.15, -0.1) is 0 Å². The predicted molar refractivity (Wildman–Crippen MR) is 80.2 cm³/mol. The molecule has 0 fully saturated rings. The Morgan fingerprint density at radius 2 is 2.05 bits per heavy atom. The Kier molecular flexibility index (Phi) is 4.02. The molecule has 8 heteroatoms. The van der Waals surface area contributed by atoms with E-state index in [1.54, 1.807) is 19.9 Å². The van der Waals surface area contributed by atoms with Gasteiger partial charge in [0.25, 0.3) is 11.2 Å². The fourth-order valence-electron chi connectivity index (χ4n) is 1.62. The Bertz CT molecular complexity index is 742. The predicted octanol–water partition coefficient (Wildman–Crippen LogP) is 2.69. The monoisotopic (exact) mass is 387 g/mol. The molecule has 0 spiro atoms. The van der Waals surface area contributed by atoms with Crippen LogP contribution < -0.4 is 10.3 Å². The number of nitro groups is 1. The maximum Gasteiger partial charge on any atom is 0.272 e. The number of rotatable bonds is 3. The second kappa shape index (κ2) is 5.57. The highest BCUT2D eigenvalue weighted by Gasteiger charge is 2.16. The zero-order valence-corrected chi connectivity index (χ0v) is 12.8. The van der Waals surface area contributed by atoms with Crippen molar-refractivity contribution in [2.24, 2.45) is 0 Å². The Morgan fingerprint density at radius 1 is 1.35 bits per heavy atom. The molecule has 1 N–H and O–H groups in total. The average Bonchev–Trinajstić information content (AvgIpc) is 2.38. The molecule has 2 rings (SSSR count). The minimum absolute atomic E-state index is 0.0309. The molecule has 7 nitrogen and oxygen atoms in total. The maximum absolute atomic E-state index is 11.5. The van der Waals surface area contributed by atoms with E-state index in [0.29, 0.717) is 20.4 Å². The normalized spacial score (nSPS) is 10.3. The number of aryl methyl sites for hydroxylation is 2. The van der Waals surface area contributed by atoms with E-state index in [9.17, 15) is 14.9 Å². The molecule has 1 aromatic carbocycles. The van der Waals surface area contributed by atoms with Gasteiger partial charge in [0.15, 0.2) is 0 Å². The molecule has 104 valence electrons. The smallest absolute Gasteiger partial charge is 0.272 e. The summed E-state index contributed by atoms with van der Waals surface area (Å²) in [5, 5.41) is 10.8. The quantitative estimate of drug-likeness (QED) is 0.496. The Balaban J connectivity index is 2.45. The maximum atomic E-state index is 11.5. The van der Waals surface area contributed by atoms with Crippen molar-refractivity contribution in [2.75, 3.05) is 0 Å². The summed E-state index contributed by atoms with van der Waals surface area (Å²) < 4.78 is 5.90. The fourth-order valence-corrected chi connectivity index (χ4v) is 2.03. The van der Waals surface area contributed by atoms with Crippen LogP contribution >= 0.6 is 22.6 Å². The van der Waals surface area contributed by atoms with Gasteiger partial charge in [-0.25, -0.2) is 4.98 Å². The molecule has 0 saturated carbocycles. The number of hydrogen-bond donors (Lipinski definition) is 1. The third kappa shape index (κ3) is 2.79. The Morgan fingerprint density at radius 3 is 2.70 bits per heavy atom. The summed E-state index contributed by atoms with van der Waals surface area (Å²) in [7, 11) is 0. The van der Waals surface area contributed by atoms with Crippen LogP contribution in [-0.4, -0.2) is 14.9 Å². The van der Waals surface area contributed by atoms with Gasteiger partial charge < -0.3 is 9.72 Å². The van der Waals surface area contributed by atoms with Crippen molar-refractivity contribution in [3.05, 3.63) is 53.6 Å². The average molecular weight is 387 g/mol. The number of nitrogens with one attached hydrogen (secondary N) is 1. The largest absolute Gasteiger partial charge is 0.437 e. The number of H-pyrrole nitrogens is 1. The molecule has 1 heterocycles. The zero-order valence-electron chi connectivity index (χ0n) is 10.6. The molecular weight excluding hydrogens is 377 g/mol. The topological polar surface area (TPSA) is 98.1 Å². The van der Waals surface area contributed by atoms with Gasteiger partial charge in [-0.3, -0.25) is 14.9 Å². The molecule has 0 aliphatic rings. The van der Waals surface area contributed by atoms with Crippen molar-refractivity contribution >= 4 is 28.3 Å². The first-order valence-electron chi connectivity index (χ1n) is 5.57. The van der Waals surface area contributed by atoms with E-state index < -0.39 is 4.92 Å². The van der Waals surface area contributed by atoms with Gasteiger partial charge in [0, 0.05) is 11.6 Å². The second-order valence-corrected chi connectivity index (χ2v) is 5.19. The lowest BCUT2D eigenvalue weighted by molar-refractivity contribution is -0.385. The number of ether oxygens (including phenoxy) is 1. The van der Waals surface area contributed by atoms with Crippen LogP contribution in [0.5, 0.6) is 11.6 Å². The second-order valence-electron chi connectivity index (χ2n) is 4.11. The standard InChI is InChI=1S/C12H10IN3O4/c1-6-4-9(7(2)3-8(6)16(18)19)20-12-10(13)11(17)14-5-15-12/h3-5H,1-2H3,(H,14,15,17). The van der Waals surface area contributed by atoms with E-state index in [4.69, 9.17) is 4.74 Å². The van der Waals surface area contributed by atoms with Crippen LogP contribution in [0.15, 0.2) is 23.3 Å². The first-order chi connectivity index (χ1) is 9.40. The summed E-state index contributed by atoms with van der Waals surface area (Å²) in [5.41, 5.74) is 0.811. The third-order valence-corrected chi connectivity index (χ3v) is 3.61. The third-order valence-electron chi connectivity index (χ3n) is 2.66. The van der Waals surface area contributed by atoms with Crippen LogP contribution in [0.25, 0.3) is 0 Å². The van der Waals surface area contributed by atoms with Gasteiger partial charge in [0.1, 0.15) is 9.32 Å². The summed E-state index contributed by atoms with van der Waals surface area (Å²) in [4.78, 5) is 28.2. The molecular formula is C12H10IN3O4. The van der Waals surface area contributed by atoms with Gasteiger partial charge in [-0.05, 0) is 48.1 Å². The first-order valence-corrected chi connectivity index (χ1v) is 6.64. The van der Waals surface area contributed by atoms with Crippen molar-refractivity contribution in [2.45, 2.75) is 13.8 Å². The van der Waals surface area contributed by atoms with E-state index in [0.717, 1.165) is 0 Å². The molecule has 0 amide bonds. The van der Waals surface area contributed by atoms with Crippen LogP contribution in [0.1, 0.15) is 11.1 Å². The van der Waals surface area contributed by atoms with E-state index in [2.05, 4.69) is 9.97 Å². The number of hydrogen-bond acceptors (Lipinski definition) is 5. The van der Waals surface area contributed by atoms with E-state index in [1.165, 1.54) is 12.4 Å². The number of aromatic nitrogens is 2. The summed E-state index contributed by atoms with van der Waals surface area (Å²) in [6, 6.07) is 3.00. The Hall–Kier alpha value is -1.97.